The lowest BCUT2D eigenvalue weighted by Gasteiger charge is -2.30. The van der Waals surface area contributed by atoms with Crippen molar-refractivity contribution in [1.29, 1.82) is 0 Å². The summed E-state index contributed by atoms with van der Waals surface area (Å²) in [5, 5.41) is 3.82. The summed E-state index contributed by atoms with van der Waals surface area (Å²) >= 11 is 0. The Morgan fingerprint density at radius 3 is 2.96 bits per heavy atom. The van der Waals surface area contributed by atoms with E-state index in [2.05, 4.69) is 5.32 Å². The van der Waals surface area contributed by atoms with Crippen LogP contribution in [-0.4, -0.2) is 44.2 Å². The van der Waals surface area contributed by atoms with E-state index in [-0.39, 0.29) is 17.9 Å². The Morgan fingerprint density at radius 2 is 2.20 bits per heavy atom. The molecule has 1 aromatic heterocycles. The molecule has 3 rings (SSSR count). The highest BCUT2D eigenvalue weighted by atomic mass is 16.5. The zero-order valence-electron chi connectivity index (χ0n) is 14.4. The van der Waals surface area contributed by atoms with Crippen molar-refractivity contribution in [2.24, 2.45) is 5.92 Å². The van der Waals surface area contributed by atoms with Crippen LogP contribution in [0.25, 0.3) is 11.0 Å². The molecule has 1 aliphatic heterocycles. The van der Waals surface area contributed by atoms with E-state index in [9.17, 15) is 9.59 Å². The highest BCUT2D eigenvalue weighted by molar-refractivity contribution is 5.84. The van der Waals surface area contributed by atoms with Gasteiger partial charge in [0.2, 0.25) is 5.91 Å². The van der Waals surface area contributed by atoms with E-state index in [4.69, 9.17) is 13.9 Å². The number of nitrogens with zero attached hydrogens (tertiary/aromatic N) is 1. The fraction of sp³-hybridized carbons (Fsp3) is 0.444. The number of fused-ring (bicyclic) bond motifs is 1. The second kappa shape index (κ2) is 7.46. The molecule has 2 amide bonds. The number of benzene rings is 1. The van der Waals surface area contributed by atoms with Gasteiger partial charge in [-0.25, -0.2) is 4.79 Å². The van der Waals surface area contributed by atoms with Crippen molar-refractivity contribution in [2.45, 2.75) is 19.4 Å². The molecule has 25 heavy (non-hydrogen) atoms. The first-order valence-corrected chi connectivity index (χ1v) is 8.28. The van der Waals surface area contributed by atoms with Crippen LogP contribution in [-0.2, 0) is 16.1 Å². The van der Waals surface area contributed by atoms with Gasteiger partial charge in [0.15, 0.2) is 11.3 Å². The average molecular weight is 346 g/mol. The van der Waals surface area contributed by atoms with Crippen molar-refractivity contribution in [3.05, 3.63) is 30.0 Å². The van der Waals surface area contributed by atoms with Gasteiger partial charge in [0.25, 0.3) is 0 Å². The van der Waals surface area contributed by atoms with E-state index in [1.807, 2.05) is 24.3 Å². The molecule has 0 saturated carbocycles. The maximum Gasteiger partial charge on any atom is 0.409 e. The van der Waals surface area contributed by atoms with Crippen LogP contribution in [0, 0.1) is 5.92 Å². The molecule has 1 aromatic carbocycles. The van der Waals surface area contributed by atoms with Crippen LogP contribution < -0.4 is 10.1 Å². The largest absolute Gasteiger partial charge is 0.493 e. The van der Waals surface area contributed by atoms with Gasteiger partial charge in [-0.1, -0.05) is 12.1 Å². The highest BCUT2D eigenvalue weighted by Gasteiger charge is 2.28. The van der Waals surface area contributed by atoms with Crippen LogP contribution in [0.15, 0.2) is 28.7 Å². The standard InChI is InChI=1S/C18H22N2O5/c1-23-15-7-3-5-12-9-14(25-16(12)15)10-19-17(21)13-6-4-8-20(11-13)18(22)24-2/h3,5,7,9,13H,4,6,8,10-11H2,1-2H3,(H,19,21). The number of carbonyl (C=O) groups is 2. The lowest BCUT2D eigenvalue weighted by molar-refractivity contribution is -0.126. The van der Waals surface area contributed by atoms with Gasteiger partial charge in [-0.2, -0.15) is 0 Å². The fourth-order valence-corrected chi connectivity index (χ4v) is 3.14. The number of likely N-dealkylation sites (tertiary alicyclic amines) is 1. The Kier molecular flexibility index (Phi) is 5.11. The average Bonchev–Trinajstić information content (AvgIpc) is 3.08. The molecular formula is C18H22N2O5. The first kappa shape index (κ1) is 17.1. The Labute approximate surface area is 145 Å². The maximum atomic E-state index is 12.4. The second-order valence-electron chi connectivity index (χ2n) is 6.06. The number of nitrogens with one attached hydrogen (secondary N) is 1. The molecule has 1 N–H and O–H groups in total. The predicted octanol–water partition coefficient (Wildman–Crippen LogP) is 2.54. The summed E-state index contributed by atoms with van der Waals surface area (Å²) in [4.78, 5) is 25.6. The molecule has 7 nitrogen and oxygen atoms in total. The number of hydrogen-bond acceptors (Lipinski definition) is 5. The minimum absolute atomic E-state index is 0.0824. The van der Waals surface area contributed by atoms with E-state index < -0.39 is 0 Å². The Hall–Kier alpha value is -2.70. The summed E-state index contributed by atoms with van der Waals surface area (Å²) in [6, 6.07) is 7.54. The topological polar surface area (TPSA) is 81.0 Å². The van der Waals surface area contributed by atoms with Crippen LogP contribution in [0.2, 0.25) is 0 Å². The SMILES string of the molecule is COC(=O)N1CCCC(C(=O)NCc2cc3cccc(OC)c3o2)C1. The number of hydrogen-bond donors (Lipinski definition) is 1. The summed E-state index contributed by atoms with van der Waals surface area (Å²) in [7, 11) is 2.94. The number of carbonyl (C=O) groups excluding carboxylic acids is 2. The van der Waals surface area contributed by atoms with Crippen LogP contribution in [0.1, 0.15) is 18.6 Å². The lowest BCUT2D eigenvalue weighted by atomic mass is 9.97. The number of furan rings is 1. The molecule has 1 aliphatic rings. The minimum atomic E-state index is -0.387. The molecule has 1 saturated heterocycles. The number of methoxy groups -OCH3 is 2. The molecule has 1 fully saturated rings. The highest BCUT2D eigenvalue weighted by Crippen LogP contribution is 2.28. The van der Waals surface area contributed by atoms with Gasteiger partial charge in [-0.3, -0.25) is 4.79 Å². The third-order valence-corrected chi connectivity index (χ3v) is 4.44. The van der Waals surface area contributed by atoms with Crippen LogP contribution >= 0.6 is 0 Å². The predicted molar refractivity (Wildman–Crippen MR) is 91.3 cm³/mol. The van der Waals surface area contributed by atoms with E-state index in [0.29, 0.717) is 36.7 Å². The molecule has 7 heteroatoms. The molecule has 0 spiro atoms. The van der Waals surface area contributed by atoms with Crippen molar-refractivity contribution in [1.82, 2.24) is 10.2 Å². The van der Waals surface area contributed by atoms with Crippen molar-refractivity contribution in [3.8, 4) is 5.75 Å². The fourth-order valence-electron chi connectivity index (χ4n) is 3.14. The van der Waals surface area contributed by atoms with E-state index >= 15 is 0 Å². The summed E-state index contributed by atoms with van der Waals surface area (Å²) in [5.74, 6) is 1.01. The molecule has 0 bridgehead atoms. The van der Waals surface area contributed by atoms with Crippen LogP contribution in [0.3, 0.4) is 0 Å². The van der Waals surface area contributed by atoms with Gasteiger partial charge in [0.1, 0.15) is 5.76 Å². The molecule has 0 aliphatic carbocycles. The minimum Gasteiger partial charge on any atom is -0.493 e. The summed E-state index contributed by atoms with van der Waals surface area (Å²) in [6.07, 6.45) is 1.16. The van der Waals surface area contributed by atoms with Gasteiger partial charge >= 0.3 is 6.09 Å². The van der Waals surface area contributed by atoms with Gasteiger partial charge in [-0.05, 0) is 25.0 Å². The smallest absolute Gasteiger partial charge is 0.409 e. The van der Waals surface area contributed by atoms with Gasteiger partial charge < -0.3 is 24.1 Å². The van der Waals surface area contributed by atoms with Crippen LogP contribution in [0.5, 0.6) is 5.75 Å². The van der Waals surface area contributed by atoms with Crippen molar-refractivity contribution < 1.29 is 23.5 Å². The van der Waals surface area contributed by atoms with Gasteiger partial charge in [-0.15, -0.1) is 0 Å². The normalized spacial score (nSPS) is 17.4. The number of amides is 2. The van der Waals surface area contributed by atoms with Crippen molar-refractivity contribution >= 4 is 23.0 Å². The van der Waals surface area contributed by atoms with E-state index in [1.54, 1.807) is 12.0 Å². The zero-order valence-corrected chi connectivity index (χ0v) is 14.4. The van der Waals surface area contributed by atoms with Crippen molar-refractivity contribution in [3.63, 3.8) is 0 Å². The maximum absolute atomic E-state index is 12.4. The van der Waals surface area contributed by atoms with Gasteiger partial charge in [0, 0.05) is 18.5 Å². The molecule has 2 heterocycles. The first-order valence-electron chi connectivity index (χ1n) is 8.28. The Morgan fingerprint density at radius 1 is 1.36 bits per heavy atom. The third kappa shape index (κ3) is 3.70. The molecule has 1 atom stereocenters. The number of para-hydroxylation sites is 1. The molecule has 1 unspecified atom stereocenters. The third-order valence-electron chi connectivity index (χ3n) is 4.44. The Bertz CT molecular complexity index is 770. The quantitative estimate of drug-likeness (QED) is 0.920. The zero-order chi connectivity index (χ0) is 17.8. The number of ether oxygens (including phenoxy) is 2. The number of piperidine rings is 1. The van der Waals surface area contributed by atoms with E-state index in [1.165, 1.54) is 7.11 Å². The first-order chi connectivity index (χ1) is 12.1. The van der Waals surface area contributed by atoms with Crippen molar-refractivity contribution in [2.75, 3.05) is 27.3 Å². The Balaban J connectivity index is 1.61. The molecule has 0 radical (unpaired) electrons. The summed E-state index contributed by atoms with van der Waals surface area (Å²) in [6.45, 7) is 1.30. The monoisotopic (exact) mass is 346 g/mol. The summed E-state index contributed by atoms with van der Waals surface area (Å²) in [5.41, 5.74) is 0.670. The molecule has 134 valence electrons. The van der Waals surface area contributed by atoms with Gasteiger partial charge in [0.05, 0.1) is 26.7 Å². The second-order valence-corrected chi connectivity index (χ2v) is 6.06. The number of rotatable bonds is 4. The van der Waals surface area contributed by atoms with E-state index in [0.717, 1.165) is 18.2 Å². The molecular weight excluding hydrogens is 324 g/mol. The molecule has 2 aromatic rings. The lowest BCUT2D eigenvalue weighted by Crippen LogP contribution is -2.45. The summed E-state index contributed by atoms with van der Waals surface area (Å²) < 4.78 is 15.8. The van der Waals surface area contributed by atoms with Crippen LogP contribution in [0.4, 0.5) is 4.79 Å².